The minimum absolute atomic E-state index is 0. The van der Waals surface area contributed by atoms with Gasteiger partial charge in [0.25, 0.3) is 6.08 Å². The van der Waals surface area contributed by atoms with Crippen molar-refractivity contribution in [1.29, 1.82) is 0 Å². The van der Waals surface area contributed by atoms with Crippen molar-refractivity contribution in [2.45, 2.75) is 12.5 Å². The number of carbonyl (C=O) groups is 1. The Kier molecular flexibility index (Phi) is 4.03. The van der Waals surface area contributed by atoms with Crippen molar-refractivity contribution in [3.63, 3.8) is 0 Å². The van der Waals surface area contributed by atoms with Crippen molar-refractivity contribution in [2.24, 2.45) is 5.73 Å². The molecule has 0 bridgehead atoms. The number of rotatable bonds is 1. The van der Waals surface area contributed by atoms with Crippen LogP contribution in [0.15, 0.2) is 23.3 Å². The summed E-state index contributed by atoms with van der Waals surface area (Å²) in [4.78, 5) is 10.3. The molecule has 6 heteroatoms. The van der Waals surface area contributed by atoms with Crippen LogP contribution in [0.1, 0.15) is 6.42 Å². The monoisotopic (exact) mass is 211 g/mol. The quantitative estimate of drug-likeness (QED) is 0.687. The van der Waals surface area contributed by atoms with Gasteiger partial charge in [0.15, 0.2) is 0 Å². The fourth-order valence-corrected chi connectivity index (χ4v) is 1.04. The lowest BCUT2D eigenvalue weighted by Crippen LogP contribution is -2.16. The first-order chi connectivity index (χ1) is 5.52. The number of carboxylic acids is 1. The summed E-state index contributed by atoms with van der Waals surface area (Å²) in [5, 5.41) is 8.44. The molecule has 0 fully saturated rings. The van der Waals surface area contributed by atoms with Crippen LogP contribution in [0.4, 0.5) is 8.78 Å². The summed E-state index contributed by atoms with van der Waals surface area (Å²) in [5.41, 5.74) is 4.87. The second-order valence-corrected chi connectivity index (χ2v) is 2.49. The van der Waals surface area contributed by atoms with Crippen LogP contribution in [0.3, 0.4) is 0 Å². The molecule has 1 aliphatic carbocycles. The average Bonchev–Trinajstić information content (AvgIpc) is 2.30. The second kappa shape index (κ2) is 4.34. The van der Waals surface area contributed by atoms with Crippen molar-refractivity contribution in [2.75, 3.05) is 0 Å². The zero-order valence-electron chi connectivity index (χ0n) is 6.46. The molecule has 0 unspecified atom stereocenters. The van der Waals surface area contributed by atoms with E-state index in [-0.39, 0.29) is 30.0 Å². The Bertz CT molecular complexity index is 284. The van der Waals surface area contributed by atoms with Gasteiger partial charge in [0, 0.05) is 17.6 Å². The van der Waals surface area contributed by atoms with E-state index in [4.69, 9.17) is 10.8 Å². The highest BCUT2D eigenvalue weighted by molar-refractivity contribution is 5.88. The van der Waals surface area contributed by atoms with E-state index >= 15 is 0 Å². The Morgan fingerprint density at radius 3 is 2.38 bits per heavy atom. The third-order valence-corrected chi connectivity index (χ3v) is 1.68. The number of carboxylic acid groups (broad SMARTS) is 1. The molecule has 0 radical (unpaired) electrons. The molecule has 0 aromatic rings. The lowest BCUT2D eigenvalue weighted by atomic mass is 10.1. The van der Waals surface area contributed by atoms with Gasteiger partial charge in [0.2, 0.25) is 0 Å². The maximum Gasteiger partial charge on any atom is 0.331 e. The van der Waals surface area contributed by atoms with E-state index in [0.29, 0.717) is 0 Å². The molecule has 0 saturated heterocycles. The molecule has 1 atom stereocenters. The van der Waals surface area contributed by atoms with E-state index in [1.54, 1.807) is 0 Å². The molecule has 0 aromatic carbocycles. The van der Waals surface area contributed by atoms with Gasteiger partial charge in [-0.15, -0.1) is 12.4 Å². The lowest BCUT2D eigenvalue weighted by Gasteiger charge is -2.00. The number of hydrogen-bond acceptors (Lipinski definition) is 2. The number of nitrogens with two attached hydrogens (primary N) is 1. The highest BCUT2D eigenvalue weighted by Crippen LogP contribution is 2.27. The summed E-state index contributed by atoms with van der Waals surface area (Å²) in [6.07, 6.45) is -0.995. The van der Waals surface area contributed by atoms with Crippen LogP contribution in [-0.2, 0) is 4.79 Å². The minimum atomic E-state index is -1.88. The molecule has 0 aliphatic heterocycles. The lowest BCUT2D eigenvalue weighted by molar-refractivity contribution is -0.132. The van der Waals surface area contributed by atoms with Crippen LogP contribution in [0.5, 0.6) is 0 Å². The van der Waals surface area contributed by atoms with Gasteiger partial charge in [-0.25, -0.2) is 4.79 Å². The summed E-state index contributed by atoms with van der Waals surface area (Å²) >= 11 is 0. The summed E-state index contributed by atoms with van der Waals surface area (Å²) in [6, 6.07) is -0.943. The van der Waals surface area contributed by atoms with E-state index in [2.05, 4.69) is 0 Å². The standard InChI is InChI=1S/C7H7F2NO2.ClH/c8-6(9)4-1-3(7(11)12)2-5(4)10;/h2,5H,1,10H2,(H,11,12);1H/t5-;/m0./s1. The summed E-state index contributed by atoms with van der Waals surface area (Å²) in [5.74, 6) is -1.19. The molecule has 0 heterocycles. The van der Waals surface area contributed by atoms with Crippen LogP contribution in [0.25, 0.3) is 0 Å². The maximum absolute atomic E-state index is 12.0. The largest absolute Gasteiger partial charge is 0.478 e. The number of aliphatic carboxylic acids is 1. The van der Waals surface area contributed by atoms with Crippen molar-refractivity contribution >= 4 is 18.4 Å². The van der Waals surface area contributed by atoms with Gasteiger partial charge in [-0.2, -0.15) is 8.78 Å². The minimum Gasteiger partial charge on any atom is -0.478 e. The van der Waals surface area contributed by atoms with E-state index < -0.39 is 18.1 Å². The maximum atomic E-state index is 12.0. The van der Waals surface area contributed by atoms with Gasteiger partial charge in [-0.3, -0.25) is 0 Å². The van der Waals surface area contributed by atoms with Crippen LogP contribution in [0.2, 0.25) is 0 Å². The fraction of sp³-hybridized carbons (Fsp3) is 0.286. The van der Waals surface area contributed by atoms with Crippen LogP contribution < -0.4 is 5.73 Å². The zero-order valence-corrected chi connectivity index (χ0v) is 7.28. The molecule has 3 nitrogen and oxygen atoms in total. The molecule has 1 aliphatic rings. The first-order valence-electron chi connectivity index (χ1n) is 3.26. The Morgan fingerprint density at radius 2 is 2.15 bits per heavy atom. The molecule has 3 N–H and O–H groups in total. The van der Waals surface area contributed by atoms with E-state index in [9.17, 15) is 13.6 Å². The molecular formula is C7H8ClF2NO2. The zero-order chi connectivity index (χ0) is 9.30. The highest BCUT2D eigenvalue weighted by Gasteiger charge is 2.25. The summed E-state index contributed by atoms with van der Waals surface area (Å²) in [7, 11) is 0. The van der Waals surface area contributed by atoms with E-state index in [1.807, 2.05) is 0 Å². The highest BCUT2D eigenvalue weighted by atomic mass is 35.5. The van der Waals surface area contributed by atoms with Crippen LogP contribution in [0, 0.1) is 0 Å². The molecule has 0 amide bonds. The van der Waals surface area contributed by atoms with Gasteiger partial charge in [0.1, 0.15) is 0 Å². The second-order valence-electron chi connectivity index (χ2n) is 2.49. The Hall–Kier alpha value is -0.940. The van der Waals surface area contributed by atoms with Gasteiger partial charge >= 0.3 is 5.97 Å². The Morgan fingerprint density at radius 1 is 1.62 bits per heavy atom. The van der Waals surface area contributed by atoms with E-state index in [0.717, 1.165) is 6.08 Å². The third kappa shape index (κ3) is 2.50. The van der Waals surface area contributed by atoms with Gasteiger partial charge in [-0.05, 0) is 0 Å². The molecule has 74 valence electrons. The van der Waals surface area contributed by atoms with Crippen LogP contribution in [-0.4, -0.2) is 17.1 Å². The average molecular weight is 212 g/mol. The van der Waals surface area contributed by atoms with Gasteiger partial charge in [-0.1, -0.05) is 6.08 Å². The summed E-state index contributed by atoms with van der Waals surface area (Å²) < 4.78 is 24.0. The number of halogens is 3. The number of hydrogen-bond donors (Lipinski definition) is 2. The SMILES string of the molecule is Cl.N[C@H]1C=C(C(=O)O)CC1=C(F)F. The Labute approximate surface area is 79.3 Å². The molecule has 0 saturated carbocycles. The molecule has 1 rings (SSSR count). The smallest absolute Gasteiger partial charge is 0.331 e. The normalized spacial score (nSPS) is 20.7. The summed E-state index contributed by atoms with van der Waals surface area (Å²) in [6.45, 7) is 0. The Balaban J connectivity index is 0.00000144. The molecule has 13 heavy (non-hydrogen) atoms. The van der Waals surface area contributed by atoms with E-state index in [1.165, 1.54) is 0 Å². The topological polar surface area (TPSA) is 63.3 Å². The molecular weight excluding hydrogens is 204 g/mol. The third-order valence-electron chi connectivity index (χ3n) is 1.68. The van der Waals surface area contributed by atoms with Gasteiger partial charge < -0.3 is 10.8 Å². The van der Waals surface area contributed by atoms with Crippen molar-refractivity contribution < 1.29 is 18.7 Å². The molecule has 0 spiro atoms. The predicted octanol–water partition coefficient (Wildman–Crippen LogP) is 1.30. The van der Waals surface area contributed by atoms with Crippen molar-refractivity contribution in [3.8, 4) is 0 Å². The van der Waals surface area contributed by atoms with Crippen molar-refractivity contribution in [3.05, 3.63) is 23.3 Å². The first kappa shape index (κ1) is 12.1. The predicted molar refractivity (Wildman–Crippen MR) is 44.8 cm³/mol. The van der Waals surface area contributed by atoms with Crippen molar-refractivity contribution in [1.82, 2.24) is 0 Å². The fourth-order valence-electron chi connectivity index (χ4n) is 1.04. The van der Waals surface area contributed by atoms with Crippen LogP contribution >= 0.6 is 12.4 Å². The van der Waals surface area contributed by atoms with Gasteiger partial charge in [0.05, 0.1) is 6.04 Å². The first-order valence-corrected chi connectivity index (χ1v) is 3.26. The molecule has 0 aromatic heterocycles.